The maximum atomic E-state index is 11.6. The van der Waals surface area contributed by atoms with Gasteiger partial charge in [-0.2, -0.15) is 0 Å². The minimum atomic E-state index is -2.65. The van der Waals surface area contributed by atoms with Crippen LogP contribution in [0.1, 0.15) is 20.8 Å². The van der Waals surface area contributed by atoms with Gasteiger partial charge in [0.05, 0.1) is 25.8 Å². The van der Waals surface area contributed by atoms with Crippen LogP contribution >= 0.6 is 11.8 Å². The van der Waals surface area contributed by atoms with Gasteiger partial charge in [-0.3, -0.25) is 0 Å². The summed E-state index contributed by atoms with van der Waals surface area (Å²) >= 11 is 1.59. The second-order valence-electron chi connectivity index (χ2n) is 7.97. The van der Waals surface area contributed by atoms with Crippen molar-refractivity contribution in [1.29, 1.82) is 0 Å². The highest BCUT2D eigenvalue weighted by Gasteiger charge is 2.50. The van der Waals surface area contributed by atoms with Crippen LogP contribution in [0.25, 0.3) is 0 Å². The van der Waals surface area contributed by atoms with Gasteiger partial charge in [-0.25, -0.2) is 4.79 Å². The topological polar surface area (TPSA) is 44.8 Å². The van der Waals surface area contributed by atoms with Gasteiger partial charge in [-0.15, -0.1) is 11.8 Å². The van der Waals surface area contributed by atoms with Crippen molar-refractivity contribution in [1.82, 2.24) is 0 Å². The van der Waals surface area contributed by atoms with Gasteiger partial charge in [-0.1, -0.05) is 81.4 Å². The Morgan fingerprint density at radius 3 is 2.00 bits per heavy atom. The Hall–Kier alpha value is -1.86. The van der Waals surface area contributed by atoms with Crippen LogP contribution in [-0.2, 0) is 18.7 Å². The summed E-state index contributed by atoms with van der Waals surface area (Å²) in [4.78, 5) is 11.6. The Labute approximate surface area is 185 Å². The molecule has 0 N–H and O–H groups in total. The van der Waals surface area contributed by atoms with Gasteiger partial charge in [0.15, 0.2) is 0 Å². The average molecular weight is 445 g/mol. The number of hydrogen-bond acceptors (Lipinski definition) is 5. The first-order valence-electron chi connectivity index (χ1n) is 9.97. The molecule has 162 valence electrons. The van der Waals surface area contributed by atoms with E-state index in [0.717, 1.165) is 0 Å². The Morgan fingerprint density at radius 2 is 1.57 bits per heavy atom. The van der Waals surface area contributed by atoms with Crippen LogP contribution in [0.4, 0.5) is 0 Å². The number of benzene rings is 2. The maximum Gasteiger partial charge on any atom is 0.330 e. The molecular weight excluding hydrogens is 412 g/mol. The van der Waals surface area contributed by atoms with E-state index in [1.807, 2.05) is 18.4 Å². The summed E-state index contributed by atoms with van der Waals surface area (Å²) in [6, 6.07) is 20.9. The Morgan fingerprint density at radius 1 is 1.03 bits per heavy atom. The van der Waals surface area contributed by atoms with E-state index in [0.29, 0.717) is 12.5 Å². The lowest BCUT2D eigenvalue weighted by molar-refractivity contribution is -0.134. The first-order chi connectivity index (χ1) is 14.3. The molecule has 1 atom stereocenters. The van der Waals surface area contributed by atoms with Crippen LogP contribution in [0.5, 0.6) is 0 Å². The third kappa shape index (κ3) is 6.08. The lowest BCUT2D eigenvalue weighted by Gasteiger charge is -2.43. The molecule has 0 radical (unpaired) electrons. The van der Waals surface area contributed by atoms with Crippen LogP contribution in [0.15, 0.2) is 72.8 Å². The second-order valence-corrected chi connectivity index (χ2v) is 13.1. The first kappa shape index (κ1) is 24.4. The van der Waals surface area contributed by atoms with Crippen molar-refractivity contribution in [3.05, 3.63) is 72.8 Å². The average Bonchev–Trinajstić information content (AvgIpc) is 2.75. The van der Waals surface area contributed by atoms with Gasteiger partial charge in [0, 0.05) is 6.08 Å². The molecule has 0 aliphatic heterocycles. The Bertz CT molecular complexity index is 763. The monoisotopic (exact) mass is 444 g/mol. The van der Waals surface area contributed by atoms with Crippen molar-refractivity contribution in [2.24, 2.45) is 0 Å². The number of thioether (sulfide) groups is 1. The fraction of sp³-hybridized carbons (Fsp3) is 0.375. The van der Waals surface area contributed by atoms with Gasteiger partial charge in [-0.05, 0) is 27.7 Å². The maximum absolute atomic E-state index is 11.6. The highest BCUT2D eigenvalue weighted by atomic mass is 32.2. The predicted octanol–water partition coefficient (Wildman–Crippen LogP) is 4.00. The summed E-state index contributed by atoms with van der Waals surface area (Å²) in [5.41, 5.74) is 0. The minimum absolute atomic E-state index is 0.119. The zero-order valence-electron chi connectivity index (χ0n) is 18.5. The van der Waals surface area contributed by atoms with Crippen molar-refractivity contribution in [3.8, 4) is 0 Å². The molecule has 0 heterocycles. The molecule has 6 heteroatoms. The molecule has 0 fully saturated rings. The molecule has 2 aromatic carbocycles. The molecule has 0 unspecified atom stereocenters. The smallest absolute Gasteiger partial charge is 0.330 e. The molecule has 2 aromatic rings. The number of esters is 1. The fourth-order valence-electron chi connectivity index (χ4n) is 3.54. The molecule has 0 bridgehead atoms. The van der Waals surface area contributed by atoms with E-state index < -0.39 is 14.3 Å². The Balaban J connectivity index is 2.46. The van der Waals surface area contributed by atoms with Crippen molar-refractivity contribution in [2.45, 2.75) is 31.9 Å². The molecule has 2 rings (SSSR count). The molecular formula is C24H32O4SSi. The van der Waals surface area contributed by atoms with Gasteiger partial charge in [0.1, 0.15) is 0 Å². The minimum Gasteiger partial charge on any atom is -0.466 e. The molecule has 30 heavy (non-hydrogen) atoms. The second kappa shape index (κ2) is 11.5. The quantitative estimate of drug-likeness (QED) is 0.240. The van der Waals surface area contributed by atoms with Crippen LogP contribution in [0.2, 0.25) is 5.04 Å². The summed E-state index contributed by atoms with van der Waals surface area (Å²) in [7, 11) is -1.29. The van der Waals surface area contributed by atoms with Crippen LogP contribution in [0, 0.1) is 0 Å². The standard InChI is InChI=1S/C24H32O4SSi/c1-24(2,3)30(21-12-8-6-9-13-21,22-14-10-7-11-15-22)28-18-20(27-19-29-5)16-17-23(25)26-4/h6-17,20H,18-19H2,1-5H3/b17-16+/t20-/m0/s1. The number of methoxy groups -OCH3 is 1. The largest absolute Gasteiger partial charge is 0.466 e. The van der Waals surface area contributed by atoms with Crippen LogP contribution in [0.3, 0.4) is 0 Å². The third-order valence-electron chi connectivity index (χ3n) is 4.93. The van der Waals surface area contributed by atoms with E-state index in [-0.39, 0.29) is 11.1 Å². The van der Waals surface area contributed by atoms with Gasteiger partial charge in [0.25, 0.3) is 8.32 Å². The zero-order valence-corrected chi connectivity index (χ0v) is 20.3. The van der Waals surface area contributed by atoms with Gasteiger partial charge in [0.2, 0.25) is 0 Å². The van der Waals surface area contributed by atoms with Crippen molar-refractivity contribution in [2.75, 3.05) is 25.9 Å². The summed E-state index contributed by atoms with van der Waals surface area (Å²) in [5.74, 6) is 0.110. The molecule has 0 aromatic heterocycles. The molecule has 0 amide bonds. The van der Waals surface area contributed by atoms with Crippen molar-refractivity contribution in [3.63, 3.8) is 0 Å². The van der Waals surface area contributed by atoms with Gasteiger partial charge < -0.3 is 13.9 Å². The van der Waals surface area contributed by atoms with E-state index in [1.54, 1.807) is 17.8 Å². The lowest BCUT2D eigenvalue weighted by atomic mass is 10.2. The summed E-state index contributed by atoms with van der Waals surface area (Å²) in [6.45, 7) is 7.06. The molecule has 0 spiro atoms. The van der Waals surface area contributed by atoms with E-state index in [2.05, 4.69) is 69.3 Å². The molecule has 4 nitrogen and oxygen atoms in total. The number of ether oxygens (including phenoxy) is 2. The zero-order chi connectivity index (χ0) is 22.0. The predicted molar refractivity (Wildman–Crippen MR) is 128 cm³/mol. The van der Waals surface area contributed by atoms with Crippen molar-refractivity contribution < 1.29 is 18.7 Å². The van der Waals surface area contributed by atoms with E-state index in [9.17, 15) is 4.79 Å². The number of hydrogen-bond donors (Lipinski definition) is 0. The van der Waals surface area contributed by atoms with Crippen LogP contribution < -0.4 is 10.4 Å². The highest BCUT2D eigenvalue weighted by molar-refractivity contribution is 7.98. The Kier molecular flexibility index (Phi) is 9.36. The number of carbonyl (C=O) groups is 1. The molecule has 0 saturated carbocycles. The molecule has 0 aliphatic rings. The summed E-state index contributed by atoms with van der Waals surface area (Å²) in [6.07, 6.45) is 4.75. The fourth-order valence-corrected chi connectivity index (χ4v) is 8.42. The SMILES string of the molecule is COC(=O)/C=C/[C@@H](CO[Si](c1ccccc1)(c1ccccc1)C(C)(C)C)OCSC. The van der Waals surface area contributed by atoms with Gasteiger partial charge >= 0.3 is 5.97 Å². The van der Waals surface area contributed by atoms with E-state index in [1.165, 1.54) is 23.6 Å². The van der Waals surface area contributed by atoms with E-state index in [4.69, 9.17) is 13.9 Å². The lowest BCUT2D eigenvalue weighted by Crippen LogP contribution is -2.67. The highest BCUT2D eigenvalue weighted by Crippen LogP contribution is 2.36. The van der Waals surface area contributed by atoms with E-state index >= 15 is 0 Å². The van der Waals surface area contributed by atoms with Crippen LogP contribution in [-0.4, -0.2) is 46.3 Å². The first-order valence-corrected chi connectivity index (χ1v) is 13.3. The third-order valence-corrected chi connectivity index (χ3v) is 10.3. The normalized spacial score (nSPS) is 13.4. The molecule has 0 saturated heterocycles. The van der Waals surface area contributed by atoms with Crippen molar-refractivity contribution >= 4 is 36.4 Å². The number of carbonyl (C=O) groups excluding carboxylic acids is 1. The summed E-state index contributed by atoms with van der Waals surface area (Å²) in [5, 5.41) is 2.31. The molecule has 0 aliphatic carbocycles. The number of rotatable bonds is 10. The summed E-state index contributed by atoms with van der Waals surface area (Å²) < 4.78 is 17.5.